The van der Waals surface area contributed by atoms with Crippen LogP contribution >= 0.6 is 11.6 Å². The zero-order chi connectivity index (χ0) is 12.3. The molecule has 2 N–H and O–H groups in total. The summed E-state index contributed by atoms with van der Waals surface area (Å²) in [6.45, 7) is 2.33. The third-order valence-corrected chi connectivity index (χ3v) is 2.77. The quantitative estimate of drug-likeness (QED) is 0.907. The van der Waals surface area contributed by atoms with Crippen LogP contribution in [0.15, 0.2) is 36.4 Å². The summed E-state index contributed by atoms with van der Waals surface area (Å²) >= 11 is 5.93. The summed E-state index contributed by atoms with van der Waals surface area (Å²) in [5.41, 5.74) is 7.38. The van der Waals surface area contributed by atoms with Gasteiger partial charge in [-0.25, -0.2) is 4.98 Å². The fraction of sp³-hybridized carbons (Fsp3) is 0.154. The Kier molecular flexibility index (Phi) is 3.49. The van der Waals surface area contributed by atoms with Crippen LogP contribution in [0.3, 0.4) is 0 Å². The van der Waals surface area contributed by atoms with E-state index in [1.165, 1.54) is 0 Å². The largest absolute Gasteiger partial charge is 0.487 e. The topological polar surface area (TPSA) is 48.1 Å². The van der Waals surface area contributed by atoms with Gasteiger partial charge < -0.3 is 10.5 Å². The SMILES string of the molecule is Cc1cc(OCc2cccc(N)n2)ccc1Cl. The highest BCUT2D eigenvalue weighted by molar-refractivity contribution is 6.31. The van der Waals surface area contributed by atoms with Crippen LogP contribution in [-0.2, 0) is 6.61 Å². The molecule has 2 aromatic rings. The van der Waals surface area contributed by atoms with Crippen LogP contribution < -0.4 is 10.5 Å². The smallest absolute Gasteiger partial charge is 0.130 e. The number of hydrogen-bond donors (Lipinski definition) is 1. The van der Waals surface area contributed by atoms with Crippen molar-refractivity contribution in [2.75, 3.05) is 5.73 Å². The number of ether oxygens (including phenoxy) is 1. The van der Waals surface area contributed by atoms with Crippen molar-refractivity contribution in [1.82, 2.24) is 4.98 Å². The van der Waals surface area contributed by atoms with Crippen LogP contribution in [0.1, 0.15) is 11.3 Å². The molecule has 0 unspecified atom stereocenters. The summed E-state index contributed by atoms with van der Waals surface area (Å²) < 4.78 is 5.61. The van der Waals surface area contributed by atoms with Crippen molar-refractivity contribution < 1.29 is 4.74 Å². The lowest BCUT2D eigenvalue weighted by Crippen LogP contribution is -2.00. The van der Waals surface area contributed by atoms with Crippen LogP contribution in [0, 0.1) is 6.92 Å². The molecule has 0 atom stereocenters. The van der Waals surface area contributed by atoms with E-state index < -0.39 is 0 Å². The molecule has 0 spiro atoms. The minimum absolute atomic E-state index is 0.395. The number of aromatic nitrogens is 1. The van der Waals surface area contributed by atoms with E-state index in [2.05, 4.69) is 4.98 Å². The Bertz CT molecular complexity index is 529. The first-order chi connectivity index (χ1) is 8.15. The first kappa shape index (κ1) is 11.7. The number of halogens is 1. The van der Waals surface area contributed by atoms with Crippen molar-refractivity contribution in [2.45, 2.75) is 13.5 Å². The highest BCUT2D eigenvalue weighted by atomic mass is 35.5. The molecule has 0 saturated carbocycles. The number of nitrogens with zero attached hydrogens (tertiary/aromatic N) is 1. The van der Waals surface area contributed by atoms with Gasteiger partial charge in [0.25, 0.3) is 0 Å². The minimum atomic E-state index is 0.395. The average molecular weight is 249 g/mol. The highest BCUT2D eigenvalue weighted by Crippen LogP contribution is 2.21. The summed E-state index contributed by atoms with van der Waals surface area (Å²) in [6.07, 6.45) is 0. The average Bonchev–Trinajstić information content (AvgIpc) is 2.31. The predicted molar refractivity (Wildman–Crippen MR) is 69.2 cm³/mol. The molecule has 0 aliphatic carbocycles. The summed E-state index contributed by atoms with van der Waals surface area (Å²) in [4.78, 5) is 4.15. The monoisotopic (exact) mass is 248 g/mol. The van der Waals surface area contributed by atoms with E-state index in [4.69, 9.17) is 22.1 Å². The van der Waals surface area contributed by atoms with E-state index in [0.717, 1.165) is 22.0 Å². The Labute approximate surface area is 105 Å². The summed E-state index contributed by atoms with van der Waals surface area (Å²) in [6, 6.07) is 11.0. The van der Waals surface area contributed by atoms with E-state index in [1.807, 2.05) is 37.3 Å². The second kappa shape index (κ2) is 5.06. The molecule has 0 bridgehead atoms. The minimum Gasteiger partial charge on any atom is -0.487 e. The Morgan fingerprint density at radius 3 is 2.82 bits per heavy atom. The van der Waals surface area contributed by atoms with Gasteiger partial charge in [0.2, 0.25) is 0 Å². The molecule has 4 heteroatoms. The lowest BCUT2D eigenvalue weighted by Gasteiger charge is -2.07. The van der Waals surface area contributed by atoms with Crippen molar-refractivity contribution >= 4 is 17.4 Å². The molecule has 1 heterocycles. The van der Waals surface area contributed by atoms with E-state index in [1.54, 1.807) is 6.07 Å². The normalized spacial score (nSPS) is 10.2. The lowest BCUT2D eigenvalue weighted by atomic mass is 10.2. The molecule has 0 aliphatic rings. The van der Waals surface area contributed by atoms with Crippen LogP contribution in [-0.4, -0.2) is 4.98 Å². The molecular weight excluding hydrogens is 236 g/mol. The molecule has 0 fully saturated rings. The van der Waals surface area contributed by atoms with Gasteiger partial charge in [0.1, 0.15) is 18.2 Å². The number of hydrogen-bond acceptors (Lipinski definition) is 3. The van der Waals surface area contributed by atoms with Gasteiger partial charge in [-0.05, 0) is 42.8 Å². The van der Waals surface area contributed by atoms with Crippen LogP contribution in [0.2, 0.25) is 5.02 Å². The van der Waals surface area contributed by atoms with E-state index in [0.29, 0.717) is 12.4 Å². The fourth-order valence-corrected chi connectivity index (χ4v) is 1.56. The molecule has 3 nitrogen and oxygen atoms in total. The standard InChI is InChI=1S/C13H13ClN2O/c1-9-7-11(5-6-12(9)14)17-8-10-3-2-4-13(15)16-10/h2-7H,8H2,1H3,(H2,15,16). The van der Waals surface area contributed by atoms with Crippen LogP contribution in [0.4, 0.5) is 5.82 Å². The maximum absolute atomic E-state index is 5.93. The Morgan fingerprint density at radius 2 is 2.12 bits per heavy atom. The zero-order valence-corrected chi connectivity index (χ0v) is 10.2. The molecule has 1 aromatic carbocycles. The van der Waals surface area contributed by atoms with Gasteiger partial charge in [0, 0.05) is 5.02 Å². The molecule has 17 heavy (non-hydrogen) atoms. The molecular formula is C13H13ClN2O. The zero-order valence-electron chi connectivity index (χ0n) is 9.48. The Balaban J connectivity index is 2.05. The summed E-state index contributed by atoms with van der Waals surface area (Å²) in [7, 11) is 0. The van der Waals surface area contributed by atoms with Crippen molar-refractivity contribution in [1.29, 1.82) is 0 Å². The van der Waals surface area contributed by atoms with E-state index >= 15 is 0 Å². The van der Waals surface area contributed by atoms with Gasteiger partial charge in [0.05, 0.1) is 5.69 Å². The Morgan fingerprint density at radius 1 is 1.29 bits per heavy atom. The van der Waals surface area contributed by atoms with Gasteiger partial charge in [0.15, 0.2) is 0 Å². The molecule has 0 amide bonds. The lowest BCUT2D eigenvalue weighted by molar-refractivity contribution is 0.301. The van der Waals surface area contributed by atoms with Crippen molar-refractivity contribution in [2.24, 2.45) is 0 Å². The van der Waals surface area contributed by atoms with Gasteiger partial charge in [-0.15, -0.1) is 0 Å². The second-order valence-electron chi connectivity index (χ2n) is 3.75. The summed E-state index contributed by atoms with van der Waals surface area (Å²) in [5.74, 6) is 1.27. The van der Waals surface area contributed by atoms with Crippen LogP contribution in [0.25, 0.3) is 0 Å². The Hall–Kier alpha value is -1.74. The number of aryl methyl sites for hydroxylation is 1. The number of nitrogen functional groups attached to an aromatic ring is 1. The van der Waals surface area contributed by atoms with Crippen molar-refractivity contribution in [3.63, 3.8) is 0 Å². The number of anilines is 1. The number of nitrogens with two attached hydrogens (primary N) is 1. The molecule has 0 saturated heterocycles. The molecule has 88 valence electrons. The van der Waals surface area contributed by atoms with Gasteiger partial charge >= 0.3 is 0 Å². The van der Waals surface area contributed by atoms with Crippen LogP contribution in [0.5, 0.6) is 5.75 Å². The summed E-state index contributed by atoms with van der Waals surface area (Å²) in [5, 5.41) is 0.736. The molecule has 0 radical (unpaired) electrons. The number of pyridine rings is 1. The van der Waals surface area contributed by atoms with Gasteiger partial charge in [-0.2, -0.15) is 0 Å². The highest BCUT2D eigenvalue weighted by Gasteiger charge is 2.00. The predicted octanol–water partition coefficient (Wildman–Crippen LogP) is 3.20. The molecule has 0 aliphatic heterocycles. The van der Waals surface area contributed by atoms with Gasteiger partial charge in [-0.1, -0.05) is 17.7 Å². The van der Waals surface area contributed by atoms with E-state index in [-0.39, 0.29) is 0 Å². The first-order valence-electron chi connectivity index (χ1n) is 5.25. The number of benzene rings is 1. The van der Waals surface area contributed by atoms with Crippen molar-refractivity contribution in [3.8, 4) is 5.75 Å². The van der Waals surface area contributed by atoms with Gasteiger partial charge in [-0.3, -0.25) is 0 Å². The second-order valence-corrected chi connectivity index (χ2v) is 4.16. The first-order valence-corrected chi connectivity index (χ1v) is 5.63. The third kappa shape index (κ3) is 3.11. The number of rotatable bonds is 3. The van der Waals surface area contributed by atoms with E-state index in [9.17, 15) is 0 Å². The third-order valence-electron chi connectivity index (χ3n) is 2.34. The maximum Gasteiger partial charge on any atom is 0.130 e. The molecule has 2 rings (SSSR count). The maximum atomic E-state index is 5.93. The fourth-order valence-electron chi connectivity index (χ4n) is 1.44. The molecule has 1 aromatic heterocycles. The van der Waals surface area contributed by atoms with Crippen molar-refractivity contribution in [3.05, 3.63) is 52.7 Å².